The molecule has 23 heavy (non-hydrogen) atoms. The summed E-state index contributed by atoms with van der Waals surface area (Å²) in [5.41, 5.74) is 1.73. The van der Waals surface area contributed by atoms with E-state index in [4.69, 9.17) is 9.94 Å². The van der Waals surface area contributed by atoms with E-state index in [9.17, 15) is 18.0 Å². The maximum Gasteiger partial charge on any atom is 0.335 e. The molecule has 0 aliphatic heterocycles. The van der Waals surface area contributed by atoms with Gasteiger partial charge in [-0.25, -0.2) is 22.7 Å². The molecule has 0 aliphatic rings. The molecule has 0 radical (unpaired) electrons. The first-order chi connectivity index (χ1) is 10.5. The highest BCUT2D eigenvalue weighted by Gasteiger charge is 2.23. The van der Waals surface area contributed by atoms with Gasteiger partial charge in [0.2, 0.25) is 10.0 Å². The number of carbonyl (C=O) groups is 2. The molecule has 0 amide bonds. The molecule has 0 heterocycles. The van der Waals surface area contributed by atoms with Crippen LogP contribution in [0.4, 0.5) is 0 Å². The van der Waals surface area contributed by atoms with Crippen LogP contribution in [0.15, 0.2) is 29.2 Å². The molecule has 0 aromatic heterocycles. The van der Waals surface area contributed by atoms with Crippen LogP contribution in [0.1, 0.15) is 31.1 Å². The standard InChI is InChI=1S/C14H20N2O6S/c1-14(2,3)13(19)22-15-8-9-16-23(20,21)11-6-4-10(5-7-11)12(17)18/h4-7,15-16H,8-9H2,1-3H3,(H,17,18). The zero-order chi connectivity index (χ0) is 17.7. The topological polar surface area (TPSA) is 122 Å². The molecule has 1 aromatic rings. The monoisotopic (exact) mass is 344 g/mol. The minimum atomic E-state index is -3.76. The first kappa shape index (κ1) is 19.1. The predicted molar refractivity (Wildman–Crippen MR) is 82.1 cm³/mol. The lowest BCUT2D eigenvalue weighted by Gasteiger charge is -2.16. The van der Waals surface area contributed by atoms with Crippen molar-refractivity contribution < 1.29 is 28.0 Å². The number of carbonyl (C=O) groups excluding carboxylic acids is 1. The molecule has 0 spiro atoms. The average Bonchev–Trinajstić information content (AvgIpc) is 2.45. The van der Waals surface area contributed by atoms with Crippen LogP contribution < -0.4 is 10.2 Å². The van der Waals surface area contributed by atoms with Gasteiger partial charge in [-0.05, 0) is 45.0 Å². The van der Waals surface area contributed by atoms with Crippen molar-refractivity contribution in [2.24, 2.45) is 5.41 Å². The van der Waals surface area contributed by atoms with Crippen molar-refractivity contribution in [3.05, 3.63) is 29.8 Å². The largest absolute Gasteiger partial charge is 0.478 e. The number of hydrogen-bond acceptors (Lipinski definition) is 6. The quantitative estimate of drug-likeness (QED) is 0.493. The van der Waals surface area contributed by atoms with E-state index in [1.165, 1.54) is 24.3 Å². The molecule has 0 saturated heterocycles. The van der Waals surface area contributed by atoms with Crippen molar-refractivity contribution >= 4 is 22.0 Å². The Morgan fingerprint density at radius 2 is 1.70 bits per heavy atom. The molecule has 0 aliphatic carbocycles. The zero-order valence-electron chi connectivity index (χ0n) is 13.1. The average molecular weight is 344 g/mol. The molecule has 0 unspecified atom stereocenters. The van der Waals surface area contributed by atoms with Crippen LogP contribution in [0.25, 0.3) is 0 Å². The summed E-state index contributed by atoms with van der Waals surface area (Å²) in [7, 11) is -3.76. The Morgan fingerprint density at radius 1 is 1.13 bits per heavy atom. The fourth-order valence-electron chi connectivity index (χ4n) is 1.37. The van der Waals surface area contributed by atoms with Gasteiger partial charge in [0, 0.05) is 13.1 Å². The Bertz CT molecular complexity index is 662. The fourth-order valence-corrected chi connectivity index (χ4v) is 2.40. The second-order valence-corrected chi connectivity index (χ2v) is 7.53. The number of hydrogen-bond donors (Lipinski definition) is 3. The number of rotatable bonds is 7. The zero-order valence-corrected chi connectivity index (χ0v) is 13.9. The van der Waals surface area contributed by atoms with Crippen LogP contribution in [0.3, 0.4) is 0 Å². The van der Waals surface area contributed by atoms with Crippen molar-refractivity contribution in [1.29, 1.82) is 0 Å². The van der Waals surface area contributed by atoms with Gasteiger partial charge >= 0.3 is 11.9 Å². The molecular weight excluding hydrogens is 324 g/mol. The van der Waals surface area contributed by atoms with Crippen LogP contribution >= 0.6 is 0 Å². The third-order valence-electron chi connectivity index (χ3n) is 2.71. The molecule has 1 aromatic carbocycles. The Labute approximate surface area is 134 Å². The van der Waals surface area contributed by atoms with E-state index >= 15 is 0 Å². The lowest BCUT2D eigenvalue weighted by molar-refractivity contribution is -0.160. The highest BCUT2D eigenvalue weighted by Crippen LogP contribution is 2.14. The number of aromatic carboxylic acids is 1. The summed E-state index contributed by atoms with van der Waals surface area (Å²) >= 11 is 0. The number of nitrogens with one attached hydrogen (secondary N) is 2. The van der Waals surface area contributed by atoms with Gasteiger partial charge in [-0.2, -0.15) is 5.48 Å². The van der Waals surface area contributed by atoms with Gasteiger partial charge in [-0.15, -0.1) is 0 Å². The normalized spacial score (nSPS) is 12.0. The number of carboxylic acids is 1. The van der Waals surface area contributed by atoms with Gasteiger partial charge in [-0.1, -0.05) is 0 Å². The minimum absolute atomic E-state index is 0.000269. The molecule has 8 nitrogen and oxygen atoms in total. The third-order valence-corrected chi connectivity index (χ3v) is 4.18. The molecule has 0 atom stereocenters. The fraction of sp³-hybridized carbons (Fsp3) is 0.429. The summed E-state index contributed by atoms with van der Waals surface area (Å²) in [6.07, 6.45) is 0. The SMILES string of the molecule is CC(C)(C)C(=O)ONCCNS(=O)(=O)c1ccc(C(=O)O)cc1. The number of benzene rings is 1. The molecular formula is C14H20N2O6S. The van der Waals surface area contributed by atoms with Crippen LogP contribution in [0, 0.1) is 5.41 Å². The van der Waals surface area contributed by atoms with Crippen LogP contribution in [0.2, 0.25) is 0 Å². The van der Waals surface area contributed by atoms with E-state index in [0.29, 0.717) is 0 Å². The van der Waals surface area contributed by atoms with Crippen molar-refractivity contribution in [3.63, 3.8) is 0 Å². The van der Waals surface area contributed by atoms with E-state index in [1.807, 2.05) is 0 Å². The molecule has 9 heteroatoms. The summed E-state index contributed by atoms with van der Waals surface area (Å²) in [6.45, 7) is 5.18. The number of carboxylic acid groups (broad SMARTS) is 1. The first-order valence-electron chi connectivity index (χ1n) is 6.81. The van der Waals surface area contributed by atoms with E-state index < -0.39 is 27.4 Å². The summed E-state index contributed by atoms with van der Waals surface area (Å²) in [5, 5.41) is 8.77. The summed E-state index contributed by atoms with van der Waals surface area (Å²) in [4.78, 5) is 26.9. The minimum Gasteiger partial charge on any atom is -0.478 e. The lowest BCUT2D eigenvalue weighted by Crippen LogP contribution is -2.35. The molecule has 0 bridgehead atoms. The second-order valence-electron chi connectivity index (χ2n) is 5.76. The van der Waals surface area contributed by atoms with Gasteiger partial charge in [0.1, 0.15) is 0 Å². The highest BCUT2D eigenvalue weighted by atomic mass is 32.2. The van der Waals surface area contributed by atoms with Gasteiger partial charge < -0.3 is 9.94 Å². The van der Waals surface area contributed by atoms with Crippen molar-refractivity contribution in [2.45, 2.75) is 25.7 Å². The molecule has 0 fully saturated rings. The number of hydroxylamine groups is 1. The van der Waals surface area contributed by atoms with Crippen molar-refractivity contribution in [1.82, 2.24) is 10.2 Å². The maximum absolute atomic E-state index is 12.0. The second kappa shape index (κ2) is 7.53. The van der Waals surface area contributed by atoms with Gasteiger partial charge in [0.15, 0.2) is 0 Å². The van der Waals surface area contributed by atoms with E-state index in [2.05, 4.69) is 10.2 Å². The van der Waals surface area contributed by atoms with Gasteiger partial charge in [0.25, 0.3) is 0 Å². The Hall–Kier alpha value is -1.97. The van der Waals surface area contributed by atoms with E-state index in [0.717, 1.165) is 0 Å². The van der Waals surface area contributed by atoms with Gasteiger partial charge in [-0.3, -0.25) is 0 Å². The Morgan fingerprint density at radius 3 is 2.17 bits per heavy atom. The summed E-state index contributed by atoms with van der Waals surface area (Å²) < 4.78 is 26.3. The van der Waals surface area contributed by atoms with Crippen LogP contribution in [0.5, 0.6) is 0 Å². The molecule has 1 rings (SSSR count). The van der Waals surface area contributed by atoms with Crippen LogP contribution in [-0.2, 0) is 19.7 Å². The summed E-state index contributed by atoms with van der Waals surface area (Å²) in [6, 6.07) is 4.83. The third kappa shape index (κ3) is 5.97. The molecule has 128 valence electrons. The molecule has 3 N–H and O–H groups in total. The lowest BCUT2D eigenvalue weighted by atomic mass is 9.98. The van der Waals surface area contributed by atoms with Crippen molar-refractivity contribution in [2.75, 3.05) is 13.1 Å². The van der Waals surface area contributed by atoms with Gasteiger partial charge in [0.05, 0.1) is 15.9 Å². The Balaban J connectivity index is 2.47. The van der Waals surface area contributed by atoms with Crippen molar-refractivity contribution in [3.8, 4) is 0 Å². The number of sulfonamides is 1. The maximum atomic E-state index is 12.0. The Kier molecular flexibility index (Phi) is 6.25. The summed E-state index contributed by atoms with van der Waals surface area (Å²) in [5.74, 6) is -1.59. The smallest absolute Gasteiger partial charge is 0.335 e. The van der Waals surface area contributed by atoms with Crippen LogP contribution in [-0.4, -0.2) is 38.6 Å². The van der Waals surface area contributed by atoms with E-state index in [-0.39, 0.29) is 23.5 Å². The first-order valence-corrected chi connectivity index (χ1v) is 8.29. The van der Waals surface area contributed by atoms with E-state index in [1.54, 1.807) is 20.8 Å². The predicted octanol–water partition coefficient (Wildman–Crippen LogP) is 0.757. The highest BCUT2D eigenvalue weighted by molar-refractivity contribution is 7.89. The molecule has 0 saturated carbocycles.